The quantitative estimate of drug-likeness (QED) is 0.555. The first-order valence-electron chi connectivity index (χ1n) is 7.52. The predicted molar refractivity (Wildman–Crippen MR) is 87.7 cm³/mol. The van der Waals surface area contributed by atoms with E-state index in [-0.39, 0.29) is 0 Å². The van der Waals surface area contributed by atoms with Gasteiger partial charge in [-0.1, -0.05) is 0 Å². The van der Waals surface area contributed by atoms with E-state index in [1.807, 2.05) is 18.7 Å². The predicted octanol–water partition coefficient (Wildman–Crippen LogP) is 2.15. The molecule has 2 rings (SSSR count). The highest BCUT2D eigenvalue weighted by atomic mass is 32.2. The van der Waals surface area contributed by atoms with E-state index >= 15 is 0 Å². The fourth-order valence-corrected chi connectivity index (χ4v) is 3.34. The number of thioether (sulfide) groups is 1. The zero-order chi connectivity index (χ0) is 15.1. The van der Waals surface area contributed by atoms with Gasteiger partial charge in [-0.05, 0) is 44.6 Å². The van der Waals surface area contributed by atoms with Crippen molar-refractivity contribution in [2.75, 3.05) is 19.3 Å². The molecule has 5 nitrogen and oxygen atoms in total. The average Bonchev–Trinajstić information content (AvgIpc) is 3.16. The Bertz CT molecular complexity index is 436. The summed E-state index contributed by atoms with van der Waals surface area (Å²) in [5, 5.41) is 17.5. The second-order valence-corrected chi connectivity index (χ2v) is 6.40. The molecule has 6 heteroatoms. The Morgan fingerprint density at radius 1 is 1.57 bits per heavy atom. The fourth-order valence-electron chi connectivity index (χ4n) is 2.55. The second kappa shape index (κ2) is 8.34. The van der Waals surface area contributed by atoms with Crippen LogP contribution in [-0.4, -0.2) is 41.7 Å². The molecule has 0 amide bonds. The van der Waals surface area contributed by atoms with Crippen LogP contribution in [-0.2, 0) is 0 Å². The van der Waals surface area contributed by atoms with Gasteiger partial charge in [0.05, 0.1) is 12.8 Å². The van der Waals surface area contributed by atoms with Gasteiger partial charge in [-0.25, -0.2) is 0 Å². The van der Waals surface area contributed by atoms with Crippen molar-refractivity contribution in [1.82, 2.24) is 10.6 Å². The molecule has 0 radical (unpaired) electrons. The van der Waals surface area contributed by atoms with Crippen molar-refractivity contribution in [3.8, 4) is 0 Å². The van der Waals surface area contributed by atoms with Gasteiger partial charge in [-0.2, -0.15) is 11.8 Å². The molecule has 3 atom stereocenters. The number of aliphatic hydroxyl groups is 1. The molecule has 118 valence electrons. The smallest absolute Gasteiger partial charge is 0.191 e. The number of hydrogen-bond donors (Lipinski definition) is 3. The molecule has 0 aromatic carbocycles. The molecule has 1 aromatic heterocycles. The highest BCUT2D eigenvalue weighted by Gasteiger charge is 2.24. The minimum atomic E-state index is -0.696. The van der Waals surface area contributed by atoms with Gasteiger partial charge in [0.1, 0.15) is 11.9 Å². The standard InChI is InChI=1S/C15H25N3O2S/c1-3-16-15(18-11-6-7-12(9-11)21-2)17-10-13(19)14-5-4-8-20-14/h4-5,8,11-13,19H,3,6-7,9-10H2,1-2H3,(H2,16,17,18). The van der Waals surface area contributed by atoms with Crippen molar-refractivity contribution in [2.45, 2.75) is 43.6 Å². The lowest BCUT2D eigenvalue weighted by molar-refractivity contribution is 0.158. The third kappa shape index (κ3) is 4.97. The third-order valence-corrected chi connectivity index (χ3v) is 4.79. The van der Waals surface area contributed by atoms with Crippen LogP contribution in [0.1, 0.15) is 38.1 Å². The van der Waals surface area contributed by atoms with Gasteiger partial charge in [-0.15, -0.1) is 0 Å². The highest BCUT2D eigenvalue weighted by Crippen LogP contribution is 2.28. The van der Waals surface area contributed by atoms with Crippen LogP contribution in [0.25, 0.3) is 0 Å². The first-order chi connectivity index (χ1) is 10.2. The van der Waals surface area contributed by atoms with Crippen molar-refractivity contribution in [3.63, 3.8) is 0 Å². The topological polar surface area (TPSA) is 69.8 Å². The van der Waals surface area contributed by atoms with Crippen molar-refractivity contribution >= 4 is 17.7 Å². The van der Waals surface area contributed by atoms with Crippen LogP contribution in [0.2, 0.25) is 0 Å². The molecule has 3 N–H and O–H groups in total. The molecular formula is C15H25N3O2S. The summed E-state index contributed by atoms with van der Waals surface area (Å²) in [7, 11) is 0. The SMILES string of the molecule is CCNC(=NCC(O)c1ccco1)NC1CCC(SC)C1. The molecule has 3 unspecified atom stereocenters. The fraction of sp³-hybridized carbons (Fsp3) is 0.667. The van der Waals surface area contributed by atoms with Gasteiger partial charge in [0, 0.05) is 17.8 Å². The minimum absolute atomic E-state index is 0.293. The lowest BCUT2D eigenvalue weighted by Gasteiger charge is -2.17. The van der Waals surface area contributed by atoms with Gasteiger partial charge in [-0.3, -0.25) is 4.99 Å². The lowest BCUT2D eigenvalue weighted by atomic mass is 10.2. The third-order valence-electron chi connectivity index (χ3n) is 3.70. The number of aliphatic imine (C=N–C) groups is 1. The zero-order valence-electron chi connectivity index (χ0n) is 12.7. The summed E-state index contributed by atoms with van der Waals surface area (Å²) in [5.41, 5.74) is 0. The summed E-state index contributed by atoms with van der Waals surface area (Å²) < 4.78 is 5.19. The molecule has 1 aromatic rings. The largest absolute Gasteiger partial charge is 0.467 e. The maximum absolute atomic E-state index is 10.0. The van der Waals surface area contributed by atoms with Gasteiger partial charge in [0.15, 0.2) is 5.96 Å². The Hall–Kier alpha value is -1.14. The first-order valence-corrected chi connectivity index (χ1v) is 8.80. The Kier molecular flexibility index (Phi) is 6.45. The number of nitrogens with one attached hydrogen (secondary N) is 2. The van der Waals surface area contributed by atoms with Gasteiger partial charge in [0.2, 0.25) is 0 Å². The van der Waals surface area contributed by atoms with E-state index in [9.17, 15) is 5.11 Å². The van der Waals surface area contributed by atoms with Crippen molar-refractivity contribution in [1.29, 1.82) is 0 Å². The summed E-state index contributed by atoms with van der Waals surface area (Å²) in [5.74, 6) is 1.33. The van der Waals surface area contributed by atoms with Crippen LogP contribution in [0.4, 0.5) is 0 Å². The summed E-state index contributed by atoms with van der Waals surface area (Å²) in [4.78, 5) is 4.46. The van der Waals surface area contributed by atoms with E-state index in [4.69, 9.17) is 4.42 Å². The number of hydrogen-bond acceptors (Lipinski definition) is 4. The summed E-state index contributed by atoms with van der Waals surface area (Å²) >= 11 is 1.94. The monoisotopic (exact) mass is 311 g/mol. The summed E-state index contributed by atoms with van der Waals surface area (Å²) in [6.07, 6.45) is 6.65. The number of guanidine groups is 1. The van der Waals surface area contributed by atoms with Crippen molar-refractivity contribution in [2.24, 2.45) is 4.99 Å². The van der Waals surface area contributed by atoms with Crippen LogP contribution in [0.15, 0.2) is 27.8 Å². The maximum atomic E-state index is 10.0. The zero-order valence-corrected chi connectivity index (χ0v) is 13.5. The molecule has 21 heavy (non-hydrogen) atoms. The van der Waals surface area contributed by atoms with E-state index in [1.165, 1.54) is 19.3 Å². The van der Waals surface area contributed by atoms with E-state index in [1.54, 1.807) is 18.4 Å². The molecule has 1 aliphatic rings. The molecule has 0 spiro atoms. The molecule has 1 saturated carbocycles. The second-order valence-electron chi connectivity index (χ2n) is 5.26. The summed E-state index contributed by atoms with van der Waals surface area (Å²) in [6.45, 7) is 3.14. The van der Waals surface area contributed by atoms with E-state index in [0.29, 0.717) is 18.3 Å². The summed E-state index contributed by atoms with van der Waals surface area (Å²) in [6, 6.07) is 4.01. The van der Waals surface area contributed by atoms with E-state index in [2.05, 4.69) is 21.9 Å². The first kappa shape index (κ1) is 16.2. The average molecular weight is 311 g/mol. The maximum Gasteiger partial charge on any atom is 0.191 e. The molecule has 0 saturated heterocycles. The molecule has 1 aliphatic carbocycles. The molecule has 0 aliphatic heterocycles. The van der Waals surface area contributed by atoms with E-state index in [0.717, 1.165) is 17.8 Å². The number of nitrogens with zero attached hydrogens (tertiary/aromatic N) is 1. The molecule has 1 heterocycles. The van der Waals surface area contributed by atoms with Gasteiger partial charge < -0.3 is 20.2 Å². The number of rotatable bonds is 6. The van der Waals surface area contributed by atoms with E-state index < -0.39 is 6.10 Å². The molecular weight excluding hydrogens is 286 g/mol. The van der Waals surface area contributed by atoms with Crippen LogP contribution in [0, 0.1) is 0 Å². The van der Waals surface area contributed by atoms with Crippen molar-refractivity contribution < 1.29 is 9.52 Å². The Labute approximate surface area is 130 Å². The normalized spacial score (nSPS) is 24.0. The van der Waals surface area contributed by atoms with Crippen LogP contribution < -0.4 is 10.6 Å². The van der Waals surface area contributed by atoms with Crippen LogP contribution in [0.5, 0.6) is 0 Å². The van der Waals surface area contributed by atoms with Crippen LogP contribution >= 0.6 is 11.8 Å². The molecule has 1 fully saturated rings. The minimum Gasteiger partial charge on any atom is -0.467 e. The highest BCUT2D eigenvalue weighted by molar-refractivity contribution is 7.99. The van der Waals surface area contributed by atoms with Crippen LogP contribution in [0.3, 0.4) is 0 Å². The van der Waals surface area contributed by atoms with Crippen molar-refractivity contribution in [3.05, 3.63) is 24.2 Å². The van der Waals surface area contributed by atoms with Gasteiger partial charge >= 0.3 is 0 Å². The number of aliphatic hydroxyl groups excluding tert-OH is 1. The Balaban J connectivity index is 1.87. The Morgan fingerprint density at radius 2 is 2.43 bits per heavy atom. The number of furan rings is 1. The van der Waals surface area contributed by atoms with Gasteiger partial charge in [0.25, 0.3) is 0 Å². The lowest BCUT2D eigenvalue weighted by Crippen LogP contribution is -2.42. The molecule has 0 bridgehead atoms. The Morgan fingerprint density at radius 3 is 3.05 bits per heavy atom.